The van der Waals surface area contributed by atoms with Gasteiger partial charge in [-0.1, -0.05) is 12.1 Å². The zero-order valence-electron chi connectivity index (χ0n) is 14.7. The molecule has 9 nitrogen and oxygen atoms in total. The second kappa shape index (κ2) is 6.88. The van der Waals surface area contributed by atoms with Gasteiger partial charge in [0.2, 0.25) is 0 Å². The minimum Gasteiger partial charge on any atom is -0.322 e. The van der Waals surface area contributed by atoms with Gasteiger partial charge in [-0.3, -0.25) is 14.9 Å². The molecule has 0 spiro atoms. The number of anilines is 1. The number of nitrogens with one attached hydrogen (secondary N) is 1. The standard InChI is InChI=1S/C19H14N6O3/c1-12-21-22-18-11-10-17(23-24(12)18)13-2-6-15(7-3-13)20-19(26)14-4-8-16(9-5-14)25(27)28/h2-11H,1H3,(H,20,26). The predicted octanol–water partition coefficient (Wildman–Crippen LogP) is 3.26. The number of benzene rings is 2. The van der Waals surface area contributed by atoms with Crippen molar-refractivity contribution in [1.82, 2.24) is 19.8 Å². The van der Waals surface area contributed by atoms with Crippen LogP contribution in [0.5, 0.6) is 0 Å². The van der Waals surface area contributed by atoms with Crippen molar-refractivity contribution in [2.45, 2.75) is 6.92 Å². The largest absolute Gasteiger partial charge is 0.322 e. The normalized spacial score (nSPS) is 10.8. The van der Waals surface area contributed by atoms with E-state index in [1.807, 2.05) is 31.2 Å². The number of aromatic nitrogens is 4. The molecule has 0 aliphatic rings. The number of carbonyl (C=O) groups excluding carboxylic acids is 1. The van der Waals surface area contributed by atoms with Gasteiger partial charge in [0.25, 0.3) is 11.6 Å². The van der Waals surface area contributed by atoms with Crippen molar-refractivity contribution in [2.75, 3.05) is 5.32 Å². The second-order valence-corrected chi connectivity index (χ2v) is 6.07. The van der Waals surface area contributed by atoms with Gasteiger partial charge in [0.15, 0.2) is 11.5 Å². The van der Waals surface area contributed by atoms with Crippen LogP contribution in [0.3, 0.4) is 0 Å². The third kappa shape index (κ3) is 3.28. The highest BCUT2D eigenvalue weighted by Gasteiger charge is 2.10. The Morgan fingerprint density at radius 2 is 1.71 bits per heavy atom. The number of nitrogens with zero attached hydrogens (tertiary/aromatic N) is 5. The van der Waals surface area contributed by atoms with Gasteiger partial charge in [-0.05, 0) is 43.3 Å². The highest BCUT2D eigenvalue weighted by molar-refractivity contribution is 6.04. The number of hydrogen-bond donors (Lipinski definition) is 1. The molecule has 138 valence electrons. The maximum atomic E-state index is 12.3. The molecule has 0 aliphatic heterocycles. The number of aryl methyl sites for hydroxylation is 1. The van der Waals surface area contributed by atoms with Gasteiger partial charge in [-0.2, -0.15) is 9.61 Å². The summed E-state index contributed by atoms with van der Waals surface area (Å²) in [4.78, 5) is 22.5. The van der Waals surface area contributed by atoms with Gasteiger partial charge in [0.1, 0.15) is 0 Å². The molecular weight excluding hydrogens is 360 g/mol. The maximum Gasteiger partial charge on any atom is 0.269 e. The first-order valence-corrected chi connectivity index (χ1v) is 8.36. The predicted molar refractivity (Wildman–Crippen MR) is 102 cm³/mol. The molecule has 28 heavy (non-hydrogen) atoms. The summed E-state index contributed by atoms with van der Waals surface area (Å²) in [6.07, 6.45) is 0. The summed E-state index contributed by atoms with van der Waals surface area (Å²) in [5.41, 5.74) is 3.19. The smallest absolute Gasteiger partial charge is 0.269 e. The summed E-state index contributed by atoms with van der Waals surface area (Å²) < 4.78 is 1.67. The van der Waals surface area contributed by atoms with Crippen LogP contribution in [0, 0.1) is 17.0 Å². The van der Waals surface area contributed by atoms with Crippen molar-refractivity contribution < 1.29 is 9.72 Å². The van der Waals surface area contributed by atoms with E-state index in [1.54, 1.807) is 16.6 Å². The summed E-state index contributed by atoms with van der Waals surface area (Å²) in [5.74, 6) is 0.353. The molecule has 2 aromatic heterocycles. The van der Waals surface area contributed by atoms with Crippen LogP contribution in [0.4, 0.5) is 11.4 Å². The topological polar surface area (TPSA) is 115 Å². The van der Waals surface area contributed by atoms with E-state index in [9.17, 15) is 14.9 Å². The molecule has 2 heterocycles. The summed E-state index contributed by atoms with van der Waals surface area (Å²) in [6.45, 7) is 1.83. The molecule has 0 saturated heterocycles. The highest BCUT2D eigenvalue weighted by Crippen LogP contribution is 2.21. The Bertz CT molecular complexity index is 1180. The summed E-state index contributed by atoms with van der Waals surface area (Å²) in [5, 5.41) is 26.0. The first-order chi connectivity index (χ1) is 13.5. The quantitative estimate of drug-likeness (QED) is 0.433. The molecule has 4 aromatic rings. The van der Waals surface area contributed by atoms with Crippen LogP contribution in [0.25, 0.3) is 16.9 Å². The van der Waals surface area contributed by atoms with Crippen molar-refractivity contribution in [3.63, 3.8) is 0 Å². The Hall–Kier alpha value is -4.14. The van der Waals surface area contributed by atoms with E-state index in [-0.39, 0.29) is 11.6 Å². The third-order valence-electron chi connectivity index (χ3n) is 4.20. The van der Waals surface area contributed by atoms with Crippen LogP contribution in [-0.2, 0) is 0 Å². The molecule has 2 aromatic carbocycles. The van der Waals surface area contributed by atoms with Gasteiger partial charge in [0, 0.05) is 28.9 Å². The van der Waals surface area contributed by atoms with Crippen LogP contribution < -0.4 is 5.32 Å². The Balaban J connectivity index is 1.51. The average Bonchev–Trinajstić information content (AvgIpc) is 3.09. The lowest BCUT2D eigenvalue weighted by atomic mass is 10.1. The average molecular weight is 374 g/mol. The minimum absolute atomic E-state index is 0.0614. The summed E-state index contributed by atoms with van der Waals surface area (Å²) in [6, 6.07) is 16.4. The van der Waals surface area contributed by atoms with Crippen LogP contribution in [0.2, 0.25) is 0 Å². The van der Waals surface area contributed by atoms with Gasteiger partial charge in [0.05, 0.1) is 10.6 Å². The fourth-order valence-electron chi connectivity index (χ4n) is 2.71. The molecule has 0 aliphatic carbocycles. The Morgan fingerprint density at radius 1 is 1.00 bits per heavy atom. The van der Waals surface area contributed by atoms with E-state index in [0.29, 0.717) is 22.7 Å². The Kier molecular flexibility index (Phi) is 4.24. The van der Waals surface area contributed by atoms with Crippen molar-refractivity contribution >= 4 is 22.9 Å². The number of fused-ring (bicyclic) bond motifs is 1. The zero-order valence-corrected chi connectivity index (χ0v) is 14.7. The van der Waals surface area contributed by atoms with Crippen molar-refractivity contribution in [2.24, 2.45) is 0 Å². The summed E-state index contributed by atoms with van der Waals surface area (Å²) in [7, 11) is 0. The monoisotopic (exact) mass is 374 g/mol. The number of nitro groups is 1. The molecule has 0 unspecified atom stereocenters. The van der Waals surface area contributed by atoms with Crippen LogP contribution in [0.1, 0.15) is 16.2 Å². The maximum absolute atomic E-state index is 12.3. The molecule has 1 N–H and O–H groups in total. The fourth-order valence-corrected chi connectivity index (χ4v) is 2.71. The molecule has 0 bridgehead atoms. The second-order valence-electron chi connectivity index (χ2n) is 6.07. The minimum atomic E-state index is -0.507. The van der Waals surface area contributed by atoms with Crippen molar-refractivity contribution in [1.29, 1.82) is 0 Å². The first-order valence-electron chi connectivity index (χ1n) is 8.36. The van der Waals surface area contributed by atoms with E-state index in [4.69, 9.17) is 0 Å². The van der Waals surface area contributed by atoms with Crippen molar-refractivity contribution in [3.8, 4) is 11.3 Å². The van der Waals surface area contributed by atoms with Crippen LogP contribution in [0.15, 0.2) is 60.7 Å². The Labute approximate surface area is 158 Å². The SMILES string of the molecule is Cc1nnc2ccc(-c3ccc(NC(=O)c4ccc([N+](=O)[O-])cc4)cc3)nn12. The van der Waals surface area contributed by atoms with E-state index in [2.05, 4.69) is 20.6 Å². The number of amides is 1. The molecule has 0 saturated carbocycles. The molecule has 0 radical (unpaired) electrons. The van der Waals surface area contributed by atoms with Gasteiger partial charge in [-0.15, -0.1) is 10.2 Å². The highest BCUT2D eigenvalue weighted by atomic mass is 16.6. The molecule has 4 rings (SSSR count). The Morgan fingerprint density at radius 3 is 2.39 bits per heavy atom. The van der Waals surface area contributed by atoms with Crippen LogP contribution in [-0.4, -0.2) is 30.6 Å². The summed E-state index contributed by atoms with van der Waals surface area (Å²) >= 11 is 0. The van der Waals surface area contributed by atoms with Crippen molar-refractivity contribution in [3.05, 3.63) is 82.2 Å². The lowest BCUT2D eigenvalue weighted by molar-refractivity contribution is -0.384. The lowest BCUT2D eigenvalue weighted by Crippen LogP contribution is -2.11. The van der Waals surface area contributed by atoms with E-state index < -0.39 is 4.92 Å². The zero-order chi connectivity index (χ0) is 19.7. The van der Waals surface area contributed by atoms with E-state index >= 15 is 0 Å². The lowest BCUT2D eigenvalue weighted by Gasteiger charge is -2.07. The molecular formula is C19H14N6O3. The fraction of sp³-hybridized carbons (Fsp3) is 0.0526. The number of carbonyl (C=O) groups is 1. The molecule has 0 fully saturated rings. The number of rotatable bonds is 4. The first kappa shape index (κ1) is 17.3. The number of non-ortho nitro benzene ring substituents is 1. The third-order valence-corrected chi connectivity index (χ3v) is 4.20. The molecule has 1 amide bonds. The van der Waals surface area contributed by atoms with Gasteiger partial charge in [-0.25, -0.2) is 0 Å². The molecule has 9 heteroatoms. The van der Waals surface area contributed by atoms with E-state index in [1.165, 1.54) is 24.3 Å². The molecule has 0 atom stereocenters. The van der Waals surface area contributed by atoms with Gasteiger partial charge >= 0.3 is 0 Å². The van der Waals surface area contributed by atoms with Gasteiger partial charge < -0.3 is 5.32 Å². The van der Waals surface area contributed by atoms with E-state index in [0.717, 1.165) is 11.3 Å². The number of nitro benzene ring substituents is 1. The number of hydrogen-bond acceptors (Lipinski definition) is 6. The van der Waals surface area contributed by atoms with Crippen LogP contribution >= 0.6 is 0 Å².